The first-order valence-corrected chi connectivity index (χ1v) is 33.8. The van der Waals surface area contributed by atoms with Crippen molar-refractivity contribution in [3.05, 3.63) is 12.2 Å². The lowest BCUT2D eigenvalue weighted by Crippen LogP contribution is -2.40. The average molecular weight is 1040 g/mol. The van der Waals surface area contributed by atoms with Gasteiger partial charge in [-0.3, -0.25) is 9.59 Å². The molecule has 0 spiro atoms. The van der Waals surface area contributed by atoms with Crippen LogP contribution in [0, 0.1) is 11.3 Å². The molecule has 1 heterocycles. The van der Waals surface area contributed by atoms with E-state index < -0.39 is 36.5 Å². The van der Waals surface area contributed by atoms with Gasteiger partial charge in [-0.1, -0.05) is 347 Å². The van der Waals surface area contributed by atoms with E-state index in [0.29, 0.717) is 6.42 Å². The molecule has 0 aromatic heterocycles. The van der Waals surface area contributed by atoms with Crippen molar-refractivity contribution >= 4 is 11.9 Å². The average Bonchev–Trinajstić information content (AvgIpc) is 3.47. The molecule has 0 amide bonds. The monoisotopic (exact) mass is 1040 g/mol. The molecule has 6 nitrogen and oxygen atoms in total. The highest BCUT2D eigenvalue weighted by Crippen LogP contribution is 2.25. The molecular weight excluding hydrogens is 913 g/mol. The van der Waals surface area contributed by atoms with E-state index in [4.69, 9.17) is 9.47 Å². The van der Waals surface area contributed by atoms with E-state index >= 15 is 0 Å². The smallest absolute Gasteiger partial charge is 0.309 e. The Morgan fingerprint density at radius 3 is 0.838 bits per heavy atom. The molecule has 1 atom stereocenters. The maximum Gasteiger partial charge on any atom is 0.309 e. The molecule has 1 aliphatic rings. The Balaban J connectivity index is 1.67. The highest BCUT2D eigenvalue weighted by atomic mass is 16.6. The summed E-state index contributed by atoms with van der Waals surface area (Å²) in [5, 5.41) is 19.2. The Bertz CT molecular complexity index is 1160. The third kappa shape index (κ3) is 48.9. The van der Waals surface area contributed by atoms with E-state index in [1.165, 1.54) is 334 Å². The quantitative estimate of drug-likeness (QED) is 0.0358. The lowest BCUT2D eigenvalue weighted by atomic mass is 9.92. The van der Waals surface area contributed by atoms with E-state index in [1.54, 1.807) is 0 Å². The Hall–Kier alpha value is -1.40. The van der Waals surface area contributed by atoms with Crippen molar-refractivity contribution in [2.45, 2.75) is 373 Å². The van der Waals surface area contributed by atoms with Crippen molar-refractivity contribution in [1.82, 2.24) is 0 Å². The van der Waals surface area contributed by atoms with Gasteiger partial charge in [0.1, 0.15) is 13.2 Å². The molecule has 0 aliphatic carbocycles. The third-order valence-electron chi connectivity index (χ3n) is 16.8. The van der Waals surface area contributed by atoms with Crippen molar-refractivity contribution in [2.24, 2.45) is 11.3 Å². The predicted octanol–water partition coefficient (Wildman–Crippen LogP) is 21.5. The topological polar surface area (TPSA) is 93.1 Å². The van der Waals surface area contributed by atoms with Gasteiger partial charge in [0, 0.05) is 0 Å². The van der Waals surface area contributed by atoms with Crippen molar-refractivity contribution in [2.75, 3.05) is 26.4 Å². The van der Waals surface area contributed by atoms with Crippen LogP contribution in [0.2, 0.25) is 0 Å². The number of aliphatic hydroxyl groups excluding tert-OH is 2. The van der Waals surface area contributed by atoms with Crippen molar-refractivity contribution in [3.63, 3.8) is 0 Å². The first kappa shape index (κ1) is 70.6. The van der Waals surface area contributed by atoms with Crippen LogP contribution in [0.3, 0.4) is 0 Å². The van der Waals surface area contributed by atoms with Gasteiger partial charge in [-0.25, -0.2) is 0 Å². The molecule has 1 rings (SSSR count). The lowest BCUT2D eigenvalue weighted by molar-refractivity contribution is -0.155. The van der Waals surface area contributed by atoms with Gasteiger partial charge in [0.05, 0.1) is 31.0 Å². The molecule has 1 unspecified atom stereocenters. The van der Waals surface area contributed by atoms with Crippen LogP contribution in [0.1, 0.15) is 373 Å². The van der Waals surface area contributed by atoms with Gasteiger partial charge in [0.2, 0.25) is 0 Å². The fourth-order valence-corrected chi connectivity index (χ4v) is 11.3. The van der Waals surface area contributed by atoms with Crippen molar-refractivity contribution < 1.29 is 29.3 Å². The summed E-state index contributed by atoms with van der Waals surface area (Å²) in [6, 6.07) is 0. The summed E-state index contributed by atoms with van der Waals surface area (Å²) in [6.07, 6.45) is 83.1. The van der Waals surface area contributed by atoms with E-state index in [2.05, 4.69) is 19.1 Å². The summed E-state index contributed by atoms with van der Waals surface area (Å²) in [4.78, 5) is 24.8. The number of hydrogen-bond acceptors (Lipinski definition) is 6. The van der Waals surface area contributed by atoms with Crippen LogP contribution >= 0.6 is 0 Å². The van der Waals surface area contributed by atoms with Gasteiger partial charge < -0.3 is 19.7 Å². The van der Waals surface area contributed by atoms with Crippen LogP contribution in [-0.4, -0.2) is 48.6 Å². The van der Waals surface area contributed by atoms with Gasteiger partial charge in [0.25, 0.3) is 0 Å². The maximum absolute atomic E-state index is 12.6. The molecule has 0 aromatic rings. The van der Waals surface area contributed by atoms with Crippen LogP contribution in [-0.2, 0) is 19.1 Å². The van der Waals surface area contributed by atoms with Gasteiger partial charge in [-0.05, 0) is 32.1 Å². The van der Waals surface area contributed by atoms with Crippen LogP contribution in [0.15, 0.2) is 12.2 Å². The molecule has 2 N–H and O–H groups in total. The third-order valence-corrected chi connectivity index (χ3v) is 16.8. The van der Waals surface area contributed by atoms with E-state index in [-0.39, 0.29) is 19.6 Å². The minimum atomic E-state index is -1.12. The van der Waals surface area contributed by atoms with Crippen LogP contribution in [0.25, 0.3) is 0 Å². The fourth-order valence-electron chi connectivity index (χ4n) is 11.3. The normalized spacial score (nSPS) is 15.1. The zero-order valence-corrected chi connectivity index (χ0v) is 49.9. The molecular formula is C68H130O6. The molecule has 1 aliphatic heterocycles. The lowest BCUT2D eigenvalue weighted by Gasteiger charge is -2.27. The second kappa shape index (κ2) is 57.8. The standard InChI is InChI=1S/C68H130O6/c1-2-3-4-5-6-7-8-9-10-11-12-13-14-15-16-17-18-19-20-21-22-23-24-25-26-27-28-29-30-31-32-33-34-35-36-37-38-39-40-41-42-43-44-45-46-47-48-49-50-51-52-53-54-55-56-57-58-59-65-60-66(71)73-63-68(61-69,62-70)64-74-67(65)72/h22-23,65,69-70H,2-21,24-64H2,1H3/b23-22+. The number of rotatable bonds is 59. The molecule has 6 heteroatoms. The molecule has 0 bridgehead atoms. The van der Waals surface area contributed by atoms with Crippen molar-refractivity contribution in [1.29, 1.82) is 0 Å². The van der Waals surface area contributed by atoms with Crippen LogP contribution in [0.4, 0.5) is 0 Å². The maximum atomic E-state index is 12.6. The van der Waals surface area contributed by atoms with Gasteiger partial charge in [-0.15, -0.1) is 0 Å². The Labute approximate surface area is 462 Å². The first-order chi connectivity index (χ1) is 36.6. The summed E-state index contributed by atoms with van der Waals surface area (Å²) < 4.78 is 10.6. The summed E-state index contributed by atoms with van der Waals surface area (Å²) in [6.45, 7) is 1.21. The minimum Gasteiger partial charge on any atom is -0.465 e. The number of esters is 2. The molecule has 0 saturated carbocycles. The number of unbranched alkanes of at least 4 members (excludes halogenated alkanes) is 53. The predicted molar refractivity (Wildman–Crippen MR) is 320 cm³/mol. The number of ether oxygens (including phenoxy) is 2. The second-order valence-electron chi connectivity index (χ2n) is 24.2. The fraction of sp³-hybridized carbons (Fsp3) is 0.941. The highest BCUT2D eigenvalue weighted by Gasteiger charge is 2.36. The van der Waals surface area contributed by atoms with Gasteiger partial charge >= 0.3 is 11.9 Å². The second-order valence-corrected chi connectivity index (χ2v) is 24.2. The summed E-state index contributed by atoms with van der Waals surface area (Å²) in [7, 11) is 0. The molecule has 74 heavy (non-hydrogen) atoms. The number of hydrogen-bond donors (Lipinski definition) is 2. The zero-order valence-electron chi connectivity index (χ0n) is 49.9. The molecule has 0 aromatic carbocycles. The van der Waals surface area contributed by atoms with Gasteiger partial charge in [0.15, 0.2) is 0 Å². The number of carbonyl (C=O) groups is 2. The Kier molecular flexibility index (Phi) is 55.1. The zero-order chi connectivity index (χ0) is 53.2. The Morgan fingerprint density at radius 1 is 0.351 bits per heavy atom. The SMILES string of the molecule is CCCCCCCCCCCCCCCCCCCCC/C=C/CCCCCCCCCCCCCCCCCCCCCCCCCCCCCCCCCCCCC1CC(=O)OCC(CO)(CO)COC1=O. The molecule has 0 radical (unpaired) electrons. The van der Waals surface area contributed by atoms with E-state index in [9.17, 15) is 19.8 Å². The first-order valence-electron chi connectivity index (χ1n) is 33.8. The van der Waals surface area contributed by atoms with Crippen molar-refractivity contribution in [3.8, 4) is 0 Å². The Morgan fingerprint density at radius 2 is 0.581 bits per heavy atom. The molecule has 1 saturated heterocycles. The van der Waals surface area contributed by atoms with Crippen LogP contribution in [0.5, 0.6) is 0 Å². The van der Waals surface area contributed by atoms with E-state index in [0.717, 1.165) is 19.3 Å². The number of aliphatic hydroxyl groups is 2. The summed E-state index contributed by atoms with van der Waals surface area (Å²) in [5.74, 6) is -1.40. The van der Waals surface area contributed by atoms with Crippen LogP contribution < -0.4 is 0 Å². The summed E-state index contributed by atoms with van der Waals surface area (Å²) >= 11 is 0. The van der Waals surface area contributed by atoms with E-state index in [1.807, 2.05) is 0 Å². The number of carbonyl (C=O) groups excluding carboxylic acids is 2. The number of cyclic esters (lactones) is 2. The van der Waals surface area contributed by atoms with Gasteiger partial charge in [-0.2, -0.15) is 0 Å². The summed E-state index contributed by atoms with van der Waals surface area (Å²) in [5.41, 5.74) is -1.12. The molecule has 438 valence electrons. The number of allylic oxidation sites excluding steroid dienone is 2. The minimum absolute atomic E-state index is 0.00495. The molecule has 1 fully saturated rings. The largest absolute Gasteiger partial charge is 0.465 e. The highest BCUT2D eigenvalue weighted by molar-refractivity contribution is 5.80.